The zero-order valence-corrected chi connectivity index (χ0v) is 17.2. The third-order valence-electron chi connectivity index (χ3n) is 4.89. The van der Waals surface area contributed by atoms with Crippen molar-refractivity contribution in [3.63, 3.8) is 0 Å². The molecule has 4 heterocycles. The number of hydrogen-bond acceptors (Lipinski definition) is 7. The van der Waals surface area contributed by atoms with Gasteiger partial charge >= 0.3 is 0 Å². The minimum atomic E-state index is 0.691. The predicted octanol–water partition coefficient (Wildman–Crippen LogP) is 4.59. The Morgan fingerprint density at radius 3 is 3.00 bits per heavy atom. The van der Waals surface area contributed by atoms with Crippen molar-refractivity contribution in [1.29, 1.82) is 0 Å². The van der Waals surface area contributed by atoms with Gasteiger partial charge in [0, 0.05) is 34.5 Å². The molecule has 3 aromatic rings. The van der Waals surface area contributed by atoms with E-state index in [-0.39, 0.29) is 0 Å². The van der Waals surface area contributed by atoms with Crippen LogP contribution < -0.4 is 0 Å². The van der Waals surface area contributed by atoms with Crippen LogP contribution in [0, 0.1) is 13.8 Å². The summed E-state index contributed by atoms with van der Waals surface area (Å²) in [6, 6.07) is 2.11. The molecular weight excluding hydrogens is 378 g/mol. The van der Waals surface area contributed by atoms with Gasteiger partial charge in [-0.3, -0.25) is 4.98 Å². The molecule has 1 unspecified atom stereocenters. The Morgan fingerprint density at radius 1 is 1.30 bits per heavy atom. The van der Waals surface area contributed by atoms with Gasteiger partial charge in [-0.25, -0.2) is 0 Å². The average Bonchev–Trinajstić information content (AvgIpc) is 3.28. The first kappa shape index (κ1) is 18.6. The van der Waals surface area contributed by atoms with Crippen molar-refractivity contribution < 1.29 is 4.52 Å². The number of thioether (sulfide) groups is 2. The molecule has 1 N–H and O–H groups in total. The smallest absolute Gasteiger partial charge is 0.189 e. The molecule has 8 heteroatoms. The molecule has 0 bridgehead atoms. The molecule has 0 aromatic carbocycles. The van der Waals surface area contributed by atoms with E-state index in [9.17, 15) is 0 Å². The zero-order chi connectivity index (χ0) is 18.6. The number of pyridine rings is 1. The van der Waals surface area contributed by atoms with Crippen molar-refractivity contribution >= 4 is 23.5 Å². The quantitative estimate of drug-likeness (QED) is 0.605. The van der Waals surface area contributed by atoms with E-state index in [0.717, 1.165) is 45.7 Å². The number of aryl methyl sites for hydroxylation is 2. The van der Waals surface area contributed by atoms with Gasteiger partial charge in [0.15, 0.2) is 11.0 Å². The van der Waals surface area contributed by atoms with Crippen LogP contribution in [-0.4, -0.2) is 36.3 Å². The van der Waals surface area contributed by atoms with Gasteiger partial charge in [0.25, 0.3) is 0 Å². The van der Waals surface area contributed by atoms with Crippen molar-refractivity contribution in [2.75, 3.05) is 5.75 Å². The molecule has 4 rings (SSSR count). The lowest BCUT2D eigenvalue weighted by Crippen LogP contribution is -2.13. The van der Waals surface area contributed by atoms with Crippen molar-refractivity contribution in [1.82, 2.24) is 25.3 Å². The van der Waals surface area contributed by atoms with E-state index in [1.807, 2.05) is 26.2 Å². The van der Waals surface area contributed by atoms with Crippen LogP contribution in [0.25, 0.3) is 11.4 Å². The molecule has 3 aromatic heterocycles. The summed E-state index contributed by atoms with van der Waals surface area (Å²) in [5.74, 6) is 3.68. The normalized spacial score (nSPS) is 17.3. The van der Waals surface area contributed by atoms with Gasteiger partial charge in [-0.1, -0.05) is 23.3 Å². The number of nitrogens with zero attached hydrogens (tertiary/aromatic N) is 4. The van der Waals surface area contributed by atoms with Crippen molar-refractivity contribution in [2.24, 2.45) is 0 Å². The van der Waals surface area contributed by atoms with Gasteiger partial charge in [0.05, 0.1) is 5.69 Å². The Balaban J connectivity index is 1.48. The summed E-state index contributed by atoms with van der Waals surface area (Å²) in [7, 11) is 0. The van der Waals surface area contributed by atoms with Gasteiger partial charge in [-0.15, -0.1) is 10.2 Å². The second kappa shape index (κ2) is 8.48. The Kier molecular flexibility index (Phi) is 5.83. The molecule has 6 nitrogen and oxygen atoms in total. The number of aromatic amines is 1. The summed E-state index contributed by atoms with van der Waals surface area (Å²) < 4.78 is 5.23. The van der Waals surface area contributed by atoms with Crippen LogP contribution in [0.5, 0.6) is 0 Å². The van der Waals surface area contributed by atoms with Crippen molar-refractivity contribution in [3.05, 3.63) is 41.0 Å². The van der Waals surface area contributed by atoms with E-state index < -0.39 is 0 Å². The second-order valence-electron chi connectivity index (χ2n) is 6.80. The number of aromatic nitrogens is 5. The summed E-state index contributed by atoms with van der Waals surface area (Å²) >= 11 is 3.70. The molecule has 1 atom stereocenters. The van der Waals surface area contributed by atoms with Gasteiger partial charge < -0.3 is 9.51 Å². The molecule has 0 spiro atoms. The summed E-state index contributed by atoms with van der Waals surface area (Å²) in [6.07, 6.45) is 8.80. The third kappa shape index (κ3) is 4.38. The number of nitrogens with one attached hydrogen (secondary N) is 1. The maximum atomic E-state index is 5.23. The monoisotopic (exact) mass is 401 g/mol. The van der Waals surface area contributed by atoms with Crippen LogP contribution in [-0.2, 0) is 12.2 Å². The largest absolute Gasteiger partial charge is 0.361 e. The van der Waals surface area contributed by atoms with Gasteiger partial charge in [-0.2, -0.15) is 11.8 Å². The van der Waals surface area contributed by atoms with Crippen LogP contribution >= 0.6 is 23.5 Å². The lowest BCUT2D eigenvalue weighted by atomic mass is 10.0. The highest BCUT2D eigenvalue weighted by molar-refractivity contribution is 7.99. The Labute approximate surface area is 167 Å². The van der Waals surface area contributed by atoms with E-state index in [1.54, 1.807) is 11.8 Å². The van der Waals surface area contributed by atoms with Gasteiger partial charge in [0.1, 0.15) is 5.76 Å². The van der Waals surface area contributed by atoms with Crippen LogP contribution in [0.15, 0.2) is 28.1 Å². The van der Waals surface area contributed by atoms with E-state index in [4.69, 9.17) is 4.52 Å². The standard InChI is InChI=1S/C19H23N5OS2/c1-12-17(13(2)25-24-12)11-27-19-21-18(22-23-19)16-10-20-7-6-14(16)9-15-5-3-4-8-26-15/h6-7,10,15H,3-5,8-9,11H2,1-2H3,(H,21,22,23). The van der Waals surface area contributed by atoms with Crippen LogP contribution in [0.3, 0.4) is 0 Å². The fourth-order valence-corrected chi connectivity index (χ4v) is 5.60. The first-order chi connectivity index (χ1) is 13.2. The molecule has 1 aliphatic heterocycles. The van der Waals surface area contributed by atoms with E-state index in [2.05, 4.69) is 43.2 Å². The third-order valence-corrected chi connectivity index (χ3v) is 7.18. The Hall–Kier alpha value is -1.80. The summed E-state index contributed by atoms with van der Waals surface area (Å²) in [4.78, 5) is 7.66. The van der Waals surface area contributed by atoms with Crippen LogP contribution in [0.1, 0.15) is 41.8 Å². The lowest BCUT2D eigenvalue weighted by molar-refractivity contribution is 0.392. The van der Waals surface area contributed by atoms with Gasteiger partial charge in [0.2, 0.25) is 0 Å². The highest BCUT2D eigenvalue weighted by Crippen LogP contribution is 2.31. The summed E-state index contributed by atoms with van der Waals surface area (Å²) in [5, 5.41) is 14.2. The molecule has 0 saturated carbocycles. The minimum absolute atomic E-state index is 0.691. The van der Waals surface area contributed by atoms with E-state index in [1.165, 1.54) is 30.6 Å². The molecule has 27 heavy (non-hydrogen) atoms. The highest BCUT2D eigenvalue weighted by Gasteiger charge is 2.18. The lowest BCUT2D eigenvalue weighted by Gasteiger charge is -2.21. The summed E-state index contributed by atoms with van der Waals surface area (Å²) in [5.41, 5.74) is 4.40. The molecule has 0 aliphatic carbocycles. The minimum Gasteiger partial charge on any atom is -0.361 e. The Bertz CT molecular complexity index is 882. The Morgan fingerprint density at radius 2 is 2.22 bits per heavy atom. The fraction of sp³-hybridized carbons (Fsp3) is 0.474. The maximum absolute atomic E-state index is 5.23. The average molecular weight is 402 g/mol. The van der Waals surface area contributed by atoms with Crippen LogP contribution in [0.4, 0.5) is 0 Å². The maximum Gasteiger partial charge on any atom is 0.189 e. The van der Waals surface area contributed by atoms with Crippen LogP contribution in [0.2, 0.25) is 0 Å². The molecule has 0 radical (unpaired) electrons. The molecular formula is C19H23N5OS2. The number of H-pyrrole nitrogens is 1. The molecule has 142 valence electrons. The highest BCUT2D eigenvalue weighted by atomic mass is 32.2. The van der Waals surface area contributed by atoms with Crippen molar-refractivity contribution in [2.45, 2.75) is 55.7 Å². The topological polar surface area (TPSA) is 80.5 Å². The van der Waals surface area contributed by atoms with Gasteiger partial charge in [-0.05, 0) is 50.5 Å². The summed E-state index contributed by atoms with van der Waals surface area (Å²) in [6.45, 7) is 3.90. The number of rotatable bonds is 6. The number of hydrogen-bond donors (Lipinski definition) is 1. The predicted molar refractivity (Wildman–Crippen MR) is 109 cm³/mol. The molecule has 1 aliphatic rings. The van der Waals surface area contributed by atoms with Crippen molar-refractivity contribution in [3.8, 4) is 11.4 Å². The molecule has 1 fully saturated rings. The molecule has 1 saturated heterocycles. The fourth-order valence-electron chi connectivity index (χ4n) is 3.31. The molecule has 0 amide bonds. The first-order valence-electron chi connectivity index (χ1n) is 9.23. The SMILES string of the molecule is Cc1noc(C)c1CSc1nnc(-c2cnccc2CC2CCCCS2)[nH]1. The van der Waals surface area contributed by atoms with E-state index in [0.29, 0.717) is 5.25 Å². The second-order valence-corrected chi connectivity index (χ2v) is 9.17. The first-order valence-corrected chi connectivity index (χ1v) is 11.3. The zero-order valence-electron chi connectivity index (χ0n) is 15.6. The van der Waals surface area contributed by atoms with E-state index >= 15 is 0 Å².